The molecule has 3 aromatic rings. The van der Waals surface area contributed by atoms with E-state index in [0.717, 1.165) is 34.1 Å². The number of anilines is 1. The summed E-state index contributed by atoms with van der Waals surface area (Å²) >= 11 is 3.04. The molecule has 1 aliphatic heterocycles. The maximum atomic E-state index is 12.5. The van der Waals surface area contributed by atoms with Gasteiger partial charge in [-0.2, -0.15) is 0 Å². The van der Waals surface area contributed by atoms with Crippen LogP contribution in [0.5, 0.6) is 0 Å². The van der Waals surface area contributed by atoms with Crippen molar-refractivity contribution in [1.82, 2.24) is 19.9 Å². The van der Waals surface area contributed by atoms with E-state index in [4.69, 9.17) is 5.73 Å². The molecule has 11 heteroatoms. The smallest absolute Gasteiger partial charge is 0.273 e. The van der Waals surface area contributed by atoms with Gasteiger partial charge in [0.1, 0.15) is 27.7 Å². The van der Waals surface area contributed by atoms with Gasteiger partial charge < -0.3 is 15.5 Å². The highest BCUT2D eigenvalue weighted by Crippen LogP contribution is 2.27. The van der Waals surface area contributed by atoms with Crippen molar-refractivity contribution in [3.05, 3.63) is 33.9 Å². The van der Waals surface area contributed by atoms with Crippen LogP contribution in [0.25, 0.3) is 10.2 Å². The minimum Gasteiger partial charge on any atom is -0.352 e. The molecular formula is C15H18Cl2N6OS2. The van der Waals surface area contributed by atoms with Crippen molar-refractivity contribution in [2.24, 2.45) is 5.73 Å². The molecule has 1 amide bonds. The normalized spacial score (nSPS) is 14.0. The molecule has 7 nitrogen and oxygen atoms in total. The standard InChI is InChI=1S/C15H16N6OS2.2ClH/c16-7-12-19-11(8-24-12)15(22)21-4-2-20(3-5-21)13-10-1-6-23-14(10)18-9-17-13;;/h1,6,8-9H,2-5,7,16H2;2*1H. The molecule has 1 saturated heterocycles. The van der Waals surface area contributed by atoms with Crippen molar-refractivity contribution < 1.29 is 4.79 Å². The molecule has 26 heavy (non-hydrogen) atoms. The van der Waals surface area contributed by atoms with Crippen LogP contribution in [-0.4, -0.2) is 51.9 Å². The zero-order chi connectivity index (χ0) is 16.5. The first kappa shape index (κ1) is 20.8. The summed E-state index contributed by atoms with van der Waals surface area (Å²) in [6.07, 6.45) is 1.61. The molecule has 1 aliphatic rings. The summed E-state index contributed by atoms with van der Waals surface area (Å²) in [7, 11) is 0. The van der Waals surface area contributed by atoms with Crippen LogP contribution in [0, 0.1) is 0 Å². The van der Waals surface area contributed by atoms with Crippen LogP contribution in [0.1, 0.15) is 15.5 Å². The van der Waals surface area contributed by atoms with Crippen LogP contribution in [0.2, 0.25) is 0 Å². The third-order valence-corrected chi connectivity index (χ3v) is 5.74. The van der Waals surface area contributed by atoms with E-state index >= 15 is 0 Å². The van der Waals surface area contributed by atoms with Gasteiger partial charge in [-0.1, -0.05) is 0 Å². The third-order valence-electron chi connectivity index (χ3n) is 4.05. The quantitative estimate of drug-likeness (QED) is 0.683. The topological polar surface area (TPSA) is 88.2 Å². The highest BCUT2D eigenvalue weighted by Gasteiger charge is 2.25. The Kier molecular flexibility index (Phi) is 7.13. The molecule has 3 aromatic heterocycles. The van der Waals surface area contributed by atoms with Gasteiger partial charge in [0, 0.05) is 38.1 Å². The molecule has 0 atom stereocenters. The molecular weight excluding hydrogens is 415 g/mol. The van der Waals surface area contributed by atoms with Crippen LogP contribution in [0.3, 0.4) is 0 Å². The van der Waals surface area contributed by atoms with Crippen LogP contribution >= 0.6 is 47.5 Å². The second-order valence-electron chi connectivity index (χ2n) is 5.45. The lowest BCUT2D eigenvalue weighted by Crippen LogP contribution is -2.49. The number of carbonyl (C=O) groups is 1. The zero-order valence-electron chi connectivity index (χ0n) is 13.7. The van der Waals surface area contributed by atoms with Crippen molar-refractivity contribution in [3.8, 4) is 0 Å². The molecule has 4 rings (SSSR count). The first-order chi connectivity index (χ1) is 11.8. The van der Waals surface area contributed by atoms with Gasteiger partial charge in [0.2, 0.25) is 0 Å². The SMILES string of the molecule is Cl.Cl.NCc1nc(C(=O)N2CCN(c3ncnc4sccc34)CC2)cs1. The number of fused-ring (bicyclic) bond motifs is 1. The van der Waals surface area contributed by atoms with Gasteiger partial charge in [-0.15, -0.1) is 47.5 Å². The minimum atomic E-state index is -0.0195. The van der Waals surface area contributed by atoms with E-state index in [-0.39, 0.29) is 30.7 Å². The summed E-state index contributed by atoms with van der Waals surface area (Å²) in [6.45, 7) is 3.19. The number of hydrogen-bond donors (Lipinski definition) is 1. The fraction of sp³-hybridized carbons (Fsp3) is 0.333. The fourth-order valence-electron chi connectivity index (χ4n) is 2.82. The van der Waals surface area contributed by atoms with E-state index in [0.29, 0.717) is 25.3 Å². The van der Waals surface area contributed by atoms with E-state index in [1.807, 2.05) is 10.3 Å². The van der Waals surface area contributed by atoms with Crippen molar-refractivity contribution in [1.29, 1.82) is 0 Å². The Balaban J connectivity index is 0.00000121. The molecule has 1 fully saturated rings. The van der Waals surface area contributed by atoms with Crippen molar-refractivity contribution >= 4 is 69.4 Å². The molecule has 140 valence electrons. The number of carbonyl (C=O) groups excluding carboxylic acids is 1. The van der Waals surface area contributed by atoms with Crippen LogP contribution < -0.4 is 10.6 Å². The number of aromatic nitrogens is 3. The molecule has 0 radical (unpaired) electrons. The van der Waals surface area contributed by atoms with E-state index in [1.165, 1.54) is 11.3 Å². The maximum absolute atomic E-state index is 12.5. The predicted octanol–water partition coefficient (Wildman–Crippen LogP) is 2.41. The molecule has 0 saturated carbocycles. The number of nitrogens with two attached hydrogens (primary N) is 1. The number of thiophene rings is 1. The number of amides is 1. The van der Waals surface area contributed by atoms with E-state index in [9.17, 15) is 4.79 Å². The average Bonchev–Trinajstić information content (AvgIpc) is 3.30. The summed E-state index contributed by atoms with van der Waals surface area (Å²) < 4.78 is 0. The maximum Gasteiger partial charge on any atom is 0.273 e. The van der Waals surface area contributed by atoms with Crippen LogP contribution in [-0.2, 0) is 6.54 Å². The molecule has 0 bridgehead atoms. The monoisotopic (exact) mass is 432 g/mol. The number of nitrogens with zero attached hydrogens (tertiary/aromatic N) is 5. The number of rotatable bonds is 3. The Morgan fingerprint density at radius 3 is 2.62 bits per heavy atom. The molecule has 2 N–H and O–H groups in total. The van der Waals surface area contributed by atoms with Crippen molar-refractivity contribution in [2.45, 2.75) is 6.54 Å². The molecule has 0 unspecified atom stereocenters. The molecule has 0 aromatic carbocycles. The van der Waals surface area contributed by atoms with Gasteiger partial charge in [-0.25, -0.2) is 15.0 Å². The van der Waals surface area contributed by atoms with Gasteiger partial charge in [-0.3, -0.25) is 4.79 Å². The zero-order valence-corrected chi connectivity index (χ0v) is 17.0. The second-order valence-corrected chi connectivity index (χ2v) is 7.28. The average molecular weight is 433 g/mol. The van der Waals surface area contributed by atoms with Gasteiger partial charge >= 0.3 is 0 Å². The lowest BCUT2D eigenvalue weighted by Gasteiger charge is -2.35. The lowest BCUT2D eigenvalue weighted by molar-refractivity contribution is 0.0741. The predicted molar refractivity (Wildman–Crippen MR) is 110 cm³/mol. The van der Waals surface area contributed by atoms with Crippen LogP contribution in [0.4, 0.5) is 5.82 Å². The fourth-order valence-corrected chi connectivity index (χ4v) is 4.19. The number of hydrogen-bond acceptors (Lipinski definition) is 8. The number of piperazine rings is 1. The first-order valence-electron chi connectivity index (χ1n) is 7.63. The highest BCUT2D eigenvalue weighted by atomic mass is 35.5. The van der Waals surface area contributed by atoms with E-state index in [1.54, 1.807) is 23.0 Å². The largest absolute Gasteiger partial charge is 0.352 e. The van der Waals surface area contributed by atoms with Gasteiger partial charge in [0.05, 0.1) is 5.39 Å². The molecule has 0 aliphatic carbocycles. The highest BCUT2D eigenvalue weighted by molar-refractivity contribution is 7.16. The Hall–Kier alpha value is -1.52. The second kappa shape index (κ2) is 8.92. The van der Waals surface area contributed by atoms with Gasteiger partial charge in [0.25, 0.3) is 5.91 Å². The van der Waals surface area contributed by atoms with E-state index < -0.39 is 0 Å². The minimum absolute atomic E-state index is 0. The molecule has 0 spiro atoms. The van der Waals surface area contributed by atoms with Crippen molar-refractivity contribution in [3.63, 3.8) is 0 Å². The summed E-state index contributed by atoms with van der Waals surface area (Å²) in [5.74, 6) is 0.932. The number of thiazole rings is 1. The number of halogens is 2. The van der Waals surface area contributed by atoms with Crippen molar-refractivity contribution in [2.75, 3.05) is 31.1 Å². The summed E-state index contributed by atoms with van der Waals surface area (Å²) in [4.78, 5) is 30.6. The molecule has 4 heterocycles. The Labute approximate surface area is 171 Å². The van der Waals surface area contributed by atoms with Gasteiger partial charge in [0.15, 0.2) is 0 Å². The van der Waals surface area contributed by atoms with Gasteiger partial charge in [-0.05, 0) is 11.4 Å². The summed E-state index contributed by atoms with van der Waals surface area (Å²) in [5, 5.41) is 5.68. The van der Waals surface area contributed by atoms with Crippen LogP contribution in [0.15, 0.2) is 23.2 Å². The Morgan fingerprint density at radius 1 is 1.15 bits per heavy atom. The first-order valence-corrected chi connectivity index (χ1v) is 9.39. The Bertz CT molecular complexity index is 878. The third kappa shape index (κ3) is 3.91. The lowest BCUT2D eigenvalue weighted by atomic mass is 10.2. The van der Waals surface area contributed by atoms with E-state index in [2.05, 4.69) is 25.9 Å². The summed E-state index contributed by atoms with van der Waals surface area (Å²) in [6, 6.07) is 2.05. The summed E-state index contributed by atoms with van der Waals surface area (Å²) in [5.41, 5.74) is 6.06. The Morgan fingerprint density at radius 2 is 1.92 bits per heavy atom.